The Morgan fingerprint density at radius 2 is 2.06 bits per heavy atom. The van der Waals surface area contributed by atoms with Gasteiger partial charge in [0, 0.05) is 5.69 Å². The van der Waals surface area contributed by atoms with E-state index in [4.69, 9.17) is 14.6 Å². The molecule has 2 N–H and O–H groups in total. The molecule has 0 aromatic heterocycles. The maximum Gasteiger partial charge on any atom is 0.162 e. The molecule has 1 saturated heterocycles. The van der Waals surface area contributed by atoms with Gasteiger partial charge >= 0.3 is 0 Å². The molecular formula is C13H19NO3. The van der Waals surface area contributed by atoms with Crippen LogP contribution in [0.1, 0.15) is 19.4 Å². The van der Waals surface area contributed by atoms with E-state index in [1.807, 2.05) is 38.1 Å². The molecule has 1 heterocycles. The molecule has 4 nitrogen and oxygen atoms in total. The zero-order chi connectivity index (χ0) is 12.3. The third-order valence-corrected chi connectivity index (χ3v) is 2.74. The van der Waals surface area contributed by atoms with Crippen LogP contribution in [0.2, 0.25) is 0 Å². The predicted octanol–water partition coefficient (Wildman–Crippen LogP) is 1.74. The van der Waals surface area contributed by atoms with Crippen LogP contribution >= 0.6 is 0 Å². The molecule has 0 spiro atoms. The summed E-state index contributed by atoms with van der Waals surface area (Å²) >= 11 is 0. The predicted molar refractivity (Wildman–Crippen MR) is 65.8 cm³/mol. The van der Waals surface area contributed by atoms with Crippen LogP contribution in [0.4, 0.5) is 5.69 Å². The number of aliphatic hydroxyl groups is 1. The molecule has 0 atom stereocenters. The standard InChI is InChI=1S/C13H19NO3/c1-13(2)16-8-12(9-17-13)14-11-5-3-4-10(6-11)7-15/h3-6,12,14-15H,7-9H2,1-2H3. The van der Waals surface area contributed by atoms with Crippen molar-refractivity contribution in [1.29, 1.82) is 0 Å². The molecule has 0 saturated carbocycles. The van der Waals surface area contributed by atoms with E-state index in [1.165, 1.54) is 0 Å². The molecule has 0 unspecified atom stereocenters. The molecule has 1 aliphatic rings. The lowest BCUT2D eigenvalue weighted by Crippen LogP contribution is -2.45. The van der Waals surface area contributed by atoms with Gasteiger partial charge in [0.15, 0.2) is 5.79 Å². The summed E-state index contributed by atoms with van der Waals surface area (Å²) in [6.07, 6.45) is 0. The Balaban J connectivity index is 1.93. The quantitative estimate of drug-likeness (QED) is 0.840. The van der Waals surface area contributed by atoms with Crippen LogP contribution in [0.15, 0.2) is 24.3 Å². The van der Waals surface area contributed by atoms with Crippen LogP contribution in [0, 0.1) is 0 Å². The third kappa shape index (κ3) is 3.43. The highest BCUT2D eigenvalue weighted by molar-refractivity contribution is 5.46. The number of hydrogen-bond acceptors (Lipinski definition) is 4. The minimum atomic E-state index is -0.481. The lowest BCUT2D eigenvalue weighted by molar-refractivity contribution is -0.247. The van der Waals surface area contributed by atoms with Gasteiger partial charge in [-0.05, 0) is 31.5 Å². The van der Waals surface area contributed by atoms with E-state index in [1.54, 1.807) is 0 Å². The van der Waals surface area contributed by atoms with E-state index >= 15 is 0 Å². The largest absolute Gasteiger partial charge is 0.392 e. The average molecular weight is 237 g/mol. The third-order valence-electron chi connectivity index (χ3n) is 2.74. The topological polar surface area (TPSA) is 50.7 Å². The first kappa shape index (κ1) is 12.4. The molecule has 0 aliphatic carbocycles. The number of aliphatic hydroxyl groups excluding tert-OH is 1. The average Bonchev–Trinajstić information content (AvgIpc) is 2.32. The second-order valence-corrected chi connectivity index (χ2v) is 4.72. The van der Waals surface area contributed by atoms with Crippen molar-refractivity contribution < 1.29 is 14.6 Å². The van der Waals surface area contributed by atoms with Crippen LogP contribution in [0.3, 0.4) is 0 Å². The highest BCUT2D eigenvalue weighted by Crippen LogP contribution is 2.20. The smallest absolute Gasteiger partial charge is 0.162 e. The van der Waals surface area contributed by atoms with Crippen molar-refractivity contribution >= 4 is 5.69 Å². The second kappa shape index (κ2) is 5.04. The van der Waals surface area contributed by atoms with Crippen molar-refractivity contribution in [3.63, 3.8) is 0 Å². The minimum Gasteiger partial charge on any atom is -0.392 e. The summed E-state index contributed by atoms with van der Waals surface area (Å²) < 4.78 is 11.1. The summed E-state index contributed by atoms with van der Waals surface area (Å²) in [5, 5.41) is 12.4. The summed E-state index contributed by atoms with van der Waals surface area (Å²) in [6, 6.07) is 7.86. The van der Waals surface area contributed by atoms with Crippen molar-refractivity contribution in [1.82, 2.24) is 0 Å². The molecule has 1 aromatic carbocycles. The molecule has 1 fully saturated rings. The van der Waals surface area contributed by atoms with Gasteiger partial charge < -0.3 is 19.9 Å². The number of nitrogens with one attached hydrogen (secondary N) is 1. The van der Waals surface area contributed by atoms with Gasteiger partial charge in [-0.2, -0.15) is 0 Å². The number of hydrogen-bond donors (Lipinski definition) is 2. The number of rotatable bonds is 3. The van der Waals surface area contributed by atoms with Crippen molar-refractivity contribution in [2.75, 3.05) is 18.5 Å². The Labute approximate surface area is 102 Å². The van der Waals surface area contributed by atoms with Crippen molar-refractivity contribution in [3.05, 3.63) is 29.8 Å². The summed E-state index contributed by atoms with van der Waals surface area (Å²) in [6.45, 7) is 5.12. The van der Waals surface area contributed by atoms with Crippen molar-refractivity contribution in [2.45, 2.75) is 32.3 Å². The molecular weight excluding hydrogens is 218 g/mol. The van der Waals surface area contributed by atoms with Gasteiger partial charge in [0.1, 0.15) is 0 Å². The van der Waals surface area contributed by atoms with Crippen LogP contribution in [0.25, 0.3) is 0 Å². The fraction of sp³-hybridized carbons (Fsp3) is 0.538. The Hall–Kier alpha value is -1.10. The molecule has 17 heavy (non-hydrogen) atoms. The van der Waals surface area contributed by atoms with Crippen LogP contribution < -0.4 is 5.32 Å². The van der Waals surface area contributed by atoms with Gasteiger partial charge in [0.2, 0.25) is 0 Å². The highest BCUT2D eigenvalue weighted by Gasteiger charge is 2.28. The molecule has 2 rings (SSSR count). The molecule has 0 radical (unpaired) electrons. The SMILES string of the molecule is CC1(C)OCC(Nc2cccc(CO)c2)CO1. The highest BCUT2D eigenvalue weighted by atomic mass is 16.7. The molecule has 4 heteroatoms. The lowest BCUT2D eigenvalue weighted by atomic mass is 10.2. The zero-order valence-electron chi connectivity index (χ0n) is 10.3. The number of anilines is 1. The van der Waals surface area contributed by atoms with Gasteiger partial charge in [0.25, 0.3) is 0 Å². The molecule has 94 valence electrons. The first-order chi connectivity index (χ1) is 8.09. The van der Waals surface area contributed by atoms with Crippen LogP contribution in [-0.4, -0.2) is 30.1 Å². The number of ether oxygens (including phenoxy) is 2. The van der Waals surface area contributed by atoms with E-state index < -0.39 is 5.79 Å². The van der Waals surface area contributed by atoms with Gasteiger partial charge in [-0.3, -0.25) is 0 Å². The van der Waals surface area contributed by atoms with E-state index in [9.17, 15) is 0 Å². The van der Waals surface area contributed by atoms with E-state index in [2.05, 4.69) is 5.32 Å². The summed E-state index contributed by atoms with van der Waals surface area (Å²) in [7, 11) is 0. The molecule has 0 amide bonds. The van der Waals surface area contributed by atoms with E-state index in [-0.39, 0.29) is 12.6 Å². The lowest BCUT2D eigenvalue weighted by Gasteiger charge is -2.35. The Morgan fingerprint density at radius 3 is 2.71 bits per heavy atom. The fourth-order valence-electron chi connectivity index (χ4n) is 1.77. The molecule has 0 bridgehead atoms. The Bertz CT molecular complexity index is 369. The van der Waals surface area contributed by atoms with Gasteiger partial charge in [-0.1, -0.05) is 12.1 Å². The second-order valence-electron chi connectivity index (χ2n) is 4.72. The maximum atomic E-state index is 9.06. The van der Waals surface area contributed by atoms with Gasteiger partial charge in [-0.15, -0.1) is 0 Å². The zero-order valence-corrected chi connectivity index (χ0v) is 10.3. The Kier molecular flexibility index (Phi) is 3.66. The van der Waals surface area contributed by atoms with Crippen LogP contribution in [-0.2, 0) is 16.1 Å². The van der Waals surface area contributed by atoms with Crippen molar-refractivity contribution in [3.8, 4) is 0 Å². The first-order valence-corrected chi connectivity index (χ1v) is 5.83. The Morgan fingerprint density at radius 1 is 1.35 bits per heavy atom. The monoisotopic (exact) mass is 237 g/mol. The van der Waals surface area contributed by atoms with E-state index in [0.29, 0.717) is 13.2 Å². The van der Waals surface area contributed by atoms with Crippen molar-refractivity contribution in [2.24, 2.45) is 0 Å². The summed E-state index contributed by atoms with van der Waals surface area (Å²) in [5.41, 5.74) is 1.88. The molecule has 1 aromatic rings. The summed E-state index contributed by atoms with van der Waals surface area (Å²) in [5.74, 6) is -0.481. The molecule has 1 aliphatic heterocycles. The number of benzene rings is 1. The minimum absolute atomic E-state index is 0.0558. The normalized spacial score (nSPS) is 20.2. The van der Waals surface area contributed by atoms with Gasteiger partial charge in [0.05, 0.1) is 25.9 Å². The summed E-state index contributed by atoms with van der Waals surface area (Å²) in [4.78, 5) is 0. The first-order valence-electron chi connectivity index (χ1n) is 5.83. The fourth-order valence-corrected chi connectivity index (χ4v) is 1.77. The van der Waals surface area contributed by atoms with Crippen LogP contribution in [0.5, 0.6) is 0 Å². The van der Waals surface area contributed by atoms with Gasteiger partial charge in [-0.25, -0.2) is 0 Å². The maximum absolute atomic E-state index is 9.06. The van der Waals surface area contributed by atoms with E-state index in [0.717, 1.165) is 11.3 Å².